The van der Waals surface area contributed by atoms with Crippen molar-refractivity contribution in [2.24, 2.45) is 0 Å². The number of unbranched alkanes of at least 4 members (excludes halogenated alkanes) is 2. The number of fused-ring (bicyclic) bond motifs is 2. The predicted octanol–water partition coefficient (Wildman–Crippen LogP) is 4.77. The minimum atomic E-state index is -4.62. The van der Waals surface area contributed by atoms with Crippen molar-refractivity contribution in [2.45, 2.75) is 79.4 Å². The van der Waals surface area contributed by atoms with Crippen LogP contribution >= 0.6 is 0 Å². The summed E-state index contributed by atoms with van der Waals surface area (Å²) in [7, 11) is -10.4. The van der Waals surface area contributed by atoms with E-state index in [1.54, 1.807) is 32.4 Å². The molecule has 2 heterocycles. The number of benzene rings is 2. The number of nitrogens with zero attached hydrogens (tertiary/aromatic N) is 2. The lowest BCUT2D eigenvalue weighted by Gasteiger charge is -2.30. The first-order chi connectivity index (χ1) is 26.7. The van der Waals surface area contributed by atoms with Gasteiger partial charge >= 0.3 is 5.97 Å². The lowest BCUT2D eigenvalue weighted by atomic mass is 9.75. The number of methoxy groups -OCH3 is 2. The number of rotatable bonds is 23. The van der Waals surface area contributed by atoms with E-state index in [1.165, 1.54) is 24.3 Å². The second-order valence-electron chi connectivity index (χ2n) is 14.5. The minimum absolute atomic E-state index is 0.0115. The van der Waals surface area contributed by atoms with E-state index in [4.69, 9.17) is 19.3 Å². The summed E-state index contributed by atoms with van der Waals surface area (Å²) in [6, 6.07) is 8.64. The first-order valence-electron chi connectivity index (χ1n) is 18.5. The van der Waals surface area contributed by atoms with E-state index in [9.17, 15) is 43.7 Å². The van der Waals surface area contributed by atoms with Gasteiger partial charge in [-0.1, -0.05) is 12.5 Å². The number of carbonyl (C=O) groups is 1. The van der Waals surface area contributed by atoms with E-state index < -0.39 is 52.9 Å². The Hall–Kier alpha value is -3.53. The fourth-order valence-electron chi connectivity index (χ4n) is 7.66. The van der Waals surface area contributed by atoms with Crippen LogP contribution in [0, 0.1) is 0 Å². The van der Waals surface area contributed by atoms with Gasteiger partial charge in [0.1, 0.15) is 6.61 Å². The Morgan fingerprint density at radius 3 is 2.05 bits per heavy atom. The Morgan fingerprint density at radius 1 is 0.789 bits per heavy atom. The van der Waals surface area contributed by atoms with E-state index in [0.717, 1.165) is 5.70 Å². The molecule has 2 aliphatic rings. The van der Waals surface area contributed by atoms with Gasteiger partial charge in [0.15, 0.2) is 12.3 Å². The SMILES string of the molecule is COCCOCC[N+]1=C(C=CC=C2N(CCCCCC(=O)O)c3ccc(S(=O)(=O)O)cc3C2(C)CCOC)C(C)(CCCS(=O)(=O)O)c2cc(S(=O)(=O)O)ccc21. The molecule has 19 heteroatoms. The molecule has 57 heavy (non-hydrogen) atoms. The molecule has 2 aromatic carbocycles. The molecular weight excluding hydrogens is 805 g/mol. The maximum atomic E-state index is 12.3. The van der Waals surface area contributed by atoms with Gasteiger partial charge in [-0.15, -0.1) is 0 Å². The van der Waals surface area contributed by atoms with Crippen LogP contribution in [0.5, 0.6) is 0 Å². The summed E-state index contributed by atoms with van der Waals surface area (Å²) in [5.41, 5.74) is 2.02. The third-order valence-electron chi connectivity index (χ3n) is 10.6. The van der Waals surface area contributed by atoms with Gasteiger partial charge in [-0.05, 0) is 87.9 Å². The number of aliphatic carboxylic acids is 1. The molecule has 2 unspecified atom stereocenters. The third kappa shape index (κ3) is 11.4. The van der Waals surface area contributed by atoms with Gasteiger partial charge in [-0.3, -0.25) is 18.5 Å². The summed E-state index contributed by atoms with van der Waals surface area (Å²) in [6.07, 6.45) is 7.82. The Kier molecular flexibility index (Phi) is 15.4. The van der Waals surface area contributed by atoms with Gasteiger partial charge in [0, 0.05) is 68.3 Å². The van der Waals surface area contributed by atoms with Crippen LogP contribution < -0.4 is 4.90 Å². The summed E-state index contributed by atoms with van der Waals surface area (Å²) in [5, 5.41) is 9.15. The van der Waals surface area contributed by atoms with E-state index >= 15 is 0 Å². The van der Waals surface area contributed by atoms with Crippen LogP contribution in [0.25, 0.3) is 0 Å². The molecular formula is C38H53N2O14S3+. The maximum Gasteiger partial charge on any atom is 0.303 e. The summed E-state index contributed by atoms with van der Waals surface area (Å²) in [5.74, 6) is -1.43. The van der Waals surface area contributed by atoms with Crippen molar-refractivity contribution in [3.8, 4) is 0 Å². The molecule has 0 bridgehead atoms. The van der Waals surface area contributed by atoms with Gasteiger partial charge in [-0.2, -0.15) is 29.8 Å². The van der Waals surface area contributed by atoms with E-state index in [-0.39, 0.29) is 35.7 Å². The molecule has 0 spiro atoms. The standard InChI is InChI=1S/C38H52N2O14S3/c1-37(17-9-25-55(43,44)45)30-26-28(56(46,47)48)14-16-33(30)40(20-22-54-24-23-53-4)34(37)10-8-11-35-38(2,18-21-52-3)31-27-29(57(49,50)51)13-15-32(31)39(35)19-7-5-6-12-36(41)42/h8,10-11,13-16,26-27H,5-7,9,12,17-25H2,1-4H3,(H3-,41,42,43,44,45,46,47,48,49,50,51)/p+1. The van der Waals surface area contributed by atoms with Crippen LogP contribution in [0.1, 0.15) is 69.9 Å². The predicted molar refractivity (Wildman–Crippen MR) is 213 cm³/mol. The van der Waals surface area contributed by atoms with Crippen molar-refractivity contribution in [3.63, 3.8) is 0 Å². The van der Waals surface area contributed by atoms with Crippen molar-refractivity contribution >= 4 is 53.4 Å². The van der Waals surface area contributed by atoms with Gasteiger partial charge in [0.2, 0.25) is 5.69 Å². The lowest BCUT2D eigenvalue weighted by Crippen LogP contribution is -2.33. The average Bonchev–Trinajstić information content (AvgIpc) is 3.49. The van der Waals surface area contributed by atoms with Crippen LogP contribution in [0.2, 0.25) is 0 Å². The highest BCUT2D eigenvalue weighted by molar-refractivity contribution is 7.86. The second-order valence-corrected chi connectivity index (χ2v) is 18.9. The number of anilines is 1. The van der Waals surface area contributed by atoms with Crippen LogP contribution in [0.15, 0.2) is 70.1 Å². The first kappa shape index (κ1) is 46.2. The summed E-state index contributed by atoms with van der Waals surface area (Å²) < 4.78 is 121. The van der Waals surface area contributed by atoms with Gasteiger partial charge in [0.05, 0.1) is 34.2 Å². The molecule has 0 saturated heterocycles. The number of allylic oxidation sites excluding steroid dienone is 4. The molecule has 0 radical (unpaired) electrons. The van der Waals surface area contributed by atoms with Crippen molar-refractivity contribution in [3.05, 3.63) is 71.5 Å². The van der Waals surface area contributed by atoms with E-state index in [1.807, 2.05) is 35.5 Å². The second kappa shape index (κ2) is 19.0. The van der Waals surface area contributed by atoms with E-state index in [0.29, 0.717) is 86.8 Å². The van der Waals surface area contributed by atoms with Crippen LogP contribution in [-0.4, -0.2) is 120 Å². The molecule has 0 saturated carbocycles. The molecule has 2 aliphatic heterocycles. The van der Waals surface area contributed by atoms with Gasteiger partial charge < -0.3 is 24.2 Å². The fourth-order valence-corrected chi connectivity index (χ4v) is 9.18. The van der Waals surface area contributed by atoms with Crippen molar-refractivity contribution in [1.29, 1.82) is 0 Å². The normalized spacial score (nSPS) is 20.5. The Morgan fingerprint density at radius 2 is 1.44 bits per heavy atom. The smallest absolute Gasteiger partial charge is 0.303 e. The molecule has 316 valence electrons. The third-order valence-corrected chi connectivity index (χ3v) is 13.1. The van der Waals surface area contributed by atoms with Crippen LogP contribution in [0.3, 0.4) is 0 Å². The van der Waals surface area contributed by atoms with Gasteiger partial charge in [-0.25, -0.2) is 0 Å². The minimum Gasteiger partial charge on any atom is -0.481 e. The van der Waals surface area contributed by atoms with Crippen molar-refractivity contribution < 1.29 is 67.6 Å². The monoisotopic (exact) mass is 857 g/mol. The van der Waals surface area contributed by atoms with Crippen LogP contribution in [-0.2, 0) is 60.2 Å². The summed E-state index contributed by atoms with van der Waals surface area (Å²) >= 11 is 0. The lowest BCUT2D eigenvalue weighted by molar-refractivity contribution is -0.442. The molecule has 0 aromatic heterocycles. The number of hydrogen-bond donors (Lipinski definition) is 4. The maximum absolute atomic E-state index is 12.3. The largest absolute Gasteiger partial charge is 0.481 e. The quantitative estimate of drug-likeness (QED) is 0.0670. The highest BCUT2D eigenvalue weighted by Crippen LogP contribution is 2.51. The van der Waals surface area contributed by atoms with Crippen LogP contribution in [0.4, 0.5) is 11.4 Å². The molecule has 4 N–H and O–H groups in total. The highest BCUT2D eigenvalue weighted by atomic mass is 32.2. The highest BCUT2D eigenvalue weighted by Gasteiger charge is 2.48. The van der Waals surface area contributed by atoms with E-state index in [2.05, 4.69) is 0 Å². The fraction of sp³-hybridized carbons (Fsp3) is 0.526. The Bertz CT molecular complexity index is 2220. The molecule has 0 fully saturated rings. The Labute approximate surface area is 335 Å². The molecule has 4 rings (SSSR count). The first-order valence-corrected chi connectivity index (χ1v) is 22.9. The number of carboxylic acid groups (broad SMARTS) is 1. The summed E-state index contributed by atoms with van der Waals surface area (Å²) in [6.45, 7) is 5.73. The molecule has 0 aliphatic carbocycles. The molecule has 0 amide bonds. The number of carboxylic acids is 1. The Balaban J connectivity index is 1.90. The summed E-state index contributed by atoms with van der Waals surface area (Å²) in [4.78, 5) is 12.6. The molecule has 2 atom stereocenters. The average molecular weight is 858 g/mol. The van der Waals surface area contributed by atoms with Crippen molar-refractivity contribution in [1.82, 2.24) is 0 Å². The van der Waals surface area contributed by atoms with Gasteiger partial charge in [0.25, 0.3) is 30.4 Å². The molecule has 16 nitrogen and oxygen atoms in total. The topological polar surface area (TPSA) is 234 Å². The van der Waals surface area contributed by atoms with Crippen molar-refractivity contribution in [2.75, 3.05) is 64.4 Å². The zero-order valence-electron chi connectivity index (χ0n) is 32.6. The number of hydrogen-bond acceptors (Lipinski definition) is 11. The zero-order valence-corrected chi connectivity index (χ0v) is 35.0. The number of ether oxygens (including phenoxy) is 3. The zero-order chi connectivity index (χ0) is 42.2. The molecule has 2 aromatic rings.